The molecule has 4 rings (SSSR count). The van der Waals surface area contributed by atoms with Crippen LogP contribution < -0.4 is 19.7 Å². The third-order valence-corrected chi connectivity index (χ3v) is 5.74. The summed E-state index contributed by atoms with van der Waals surface area (Å²) in [5.41, 5.74) is 4.17. The van der Waals surface area contributed by atoms with Crippen LogP contribution >= 0.6 is 0 Å². The Labute approximate surface area is 176 Å². The first kappa shape index (κ1) is 20.1. The van der Waals surface area contributed by atoms with Crippen molar-refractivity contribution in [3.8, 4) is 11.5 Å². The van der Waals surface area contributed by atoms with Crippen molar-refractivity contribution in [3.05, 3.63) is 47.5 Å². The van der Waals surface area contributed by atoms with Gasteiger partial charge in [-0.15, -0.1) is 0 Å². The number of H-pyrrole nitrogens is 1. The zero-order valence-electron chi connectivity index (χ0n) is 17.7. The van der Waals surface area contributed by atoms with Crippen molar-refractivity contribution in [2.45, 2.75) is 26.3 Å². The minimum absolute atomic E-state index is 0.0112. The second kappa shape index (κ2) is 8.65. The zero-order chi connectivity index (χ0) is 21.1. The molecule has 2 heterocycles. The highest BCUT2D eigenvalue weighted by Gasteiger charge is 2.26. The number of amides is 1. The molecular formula is C23H28N4O3. The molecule has 0 aliphatic carbocycles. The van der Waals surface area contributed by atoms with E-state index < -0.39 is 0 Å². The largest absolute Gasteiger partial charge is 0.497 e. The maximum Gasteiger partial charge on any atom is 0.223 e. The van der Waals surface area contributed by atoms with E-state index >= 15 is 0 Å². The van der Waals surface area contributed by atoms with Crippen molar-refractivity contribution in [1.29, 1.82) is 0 Å². The van der Waals surface area contributed by atoms with Crippen molar-refractivity contribution in [2.75, 3.05) is 32.2 Å². The third kappa shape index (κ3) is 4.20. The molecule has 0 saturated carbocycles. The van der Waals surface area contributed by atoms with E-state index in [4.69, 9.17) is 14.5 Å². The number of hydrogen-bond acceptors (Lipinski definition) is 5. The molecule has 0 radical (unpaired) electrons. The molecule has 7 nitrogen and oxygen atoms in total. The van der Waals surface area contributed by atoms with E-state index in [2.05, 4.69) is 34.3 Å². The van der Waals surface area contributed by atoms with Crippen molar-refractivity contribution in [3.63, 3.8) is 0 Å². The number of nitrogens with one attached hydrogen (secondary N) is 2. The van der Waals surface area contributed by atoms with E-state index in [1.165, 1.54) is 5.56 Å². The topological polar surface area (TPSA) is 79.5 Å². The second-order valence-electron chi connectivity index (χ2n) is 7.74. The number of carbonyl (C=O) groups excluding carboxylic acids is 1. The third-order valence-electron chi connectivity index (χ3n) is 5.74. The van der Waals surface area contributed by atoms with Gasteiger partial charge in [0, 0.05) is 37.2 Å². The fourth-order valence-electron chi connectivity index (χ4n) is 3.94. The van der Waals surface area contributed by atoms with Gasteiger partial charge in [-0.1, -0.05) is 6.07 Å². The number of aromatic amines is 1. The van der Waals surface area contributed by atoms with Crippen molar-refractivity contribution in [1.82, 2.24) is 15.3 Å². The predicted molar refractivity (Wildman–Crippen MR) is 117 cm³/mol. The Morgan fingerprint density at radius 3 is 2.70 bits per heavy atom. The molecule has 158 valence electrons. The summed E-state index contributed by atoms with van der Waals surface area (Å²) < 4.78 is 10.6. The number of carbonyl (C=O) groups is 1. The SMILES string of the molecule is COc1ccc(CNC(=O)C2CCN(c3nc4ccc(C)cc4[nH]3)CC2)c(OC)c1. The summed E-state index contributed by atoms with van der Waals surface area (Å²) in [4.78, 5) is 23.0. The quantitative estimate of drug-likeness (QED) is 0.653. The van der Waals surface area contributed by atoms with Crippen molar-refractivity contribution < 1.29 is 14.3 Å². The molecule has 2 N–H and O–H groups in total. The summed E-state index contributed by atoms with van der Waals surface area (Å²) in [6, 6.07) is 11.8. The molecule has 30 heavy (non-hydrogen) atoms. The number of fused-ring (bicyclic) bond motifs is 1. The van der Waals surface area contributed by atoms with Gasteiger partial charge >= 0.3 is 0 Å². The smallest absolute Gasteiger partial charge is 0.223 e. The number of methoxy groups -OCH3 is 2. The van der Waals surface area contributed by atoms with Crippen LogP contribution in [0.15, 0.2) is 36.4 Å². The number of aryl methyl sites for hydroxylation is 1. The van der Waals surface area contributed by atoms with E-state index in [0.29, 0.717) is 12.3 Å². The molecule has 0 unspecified atom stereocenters. The van der Waals surface area contributed by atoms with Crippen LogP contribution in [0.25, 0.3) is 11.0 Å². The minimum atomic E-state index is 0.0112. The van der Waals surface area contributed by atoms with E-state index in [0.717, 1.165) is 54.2 Å². The van der Waals surface area contributed by atoms with Crippen LogP contribution in [0, 0.1) is 12.8 Å². The Morgan fingerprint density at radius 1 is 1.17 bits per heavy atom. The van der Waals surface area contributed by atoms with Gasteiger partial charge in [-0.3, -0.25) is 4.79 Å². The number of hydrogen-bond donors (Lipinski definition) is 2. The summed E-state index contributed by atoms with van der Waals surface area (Å²) >= 11 is 0. The van der Waals surface area contributed by atoms with Crippen LogP contribution in [-0.2, 0) is 11.3 Å². The molecule has 2 aromatic carbocycles. The van der Waals surface area contributed by atoms with Crippen LogP contribution in [0.2, 0.25) is 0 Å². The first-order valence-electron chi connectivity index (χ1n) is 10.3. The van der Waals surface area contributed by atoms with Crippen LogP contribution in [0.4, 0.5) is 5.95 Å². The van der Waals surface area contributed by atoms with Crippen molar-refractivity contribution in [2.24, 2.45) is 5.92 Å². The highest BCUT2D eigenvalue weighted by atomic mass is 16.5. The van der Waals surface area contributed by atoms with Crippen LogP contribution in [-0.4, -0.2) is 43.2 Å². The van der Waals surface area contributed by atoms with Crippen LogP contribution in [0.5, 0.6) is 11.5 Å². The molecule has 1 aliphatic heterocycles. The average Bonchev–Trinajstić information content (AvgIpc) is 3.20. The van der Waals surface area contributed by atoms with Crippen LogP contribution in [0.3, 0.4) is 0 Å². The number of aromatic nitrogens is 2. The molecule has 0 atom stereocenters. The Bertz CT molecular complexity index is 1040. The first-order valence-corrected chi connectivity index (χ1v) is 10.3. The summed E-state index contributed by atoms with van der Waals surface area (Å²) in [6.07, 6.45) is 1.61. The lowest BCUT2D eigenvalue weighted by Gasteiger charge is -2.31. The van der Waals surface area contributed by atoms with Crippen LogP contribution in [0.1, 0.15) is 24.0 Å². The predicted octanol–water partition coefficient (Wildman–Crippen LogP) is 3.42. The van der Waals surface area contributed by atoms with Gasteiger partial charge in [0.1, 0.15) is 11.5 Å². The second-order valence-corrected chi connectivity index (χ2v) is 7.74. The van der Waals surface area contributed by atoms with Gasteiger partial charge in [0.25, 0.3) is 0 Å². The normalized spacial score (nSPS) is 14.7. The molecule has 0 bridgehead atoms. The standard InChI is InChI=1S/C23H28N4O3/c1-15-4-7-19-20(12-15)26-23(25-19)27-10-8-16(9-11-27)22(28)24-14-17-5-6-18(29-2)13-21(17)30-3/h4-7,12-13,16H,8-11,14H2,1-3H3,(H,24,28)(H,25,26). The maximum absolute atomic E-state index is 12.7. The number of ether oxygens (including phenoxy) is 2. The monoisotopic (exact) mass is 408 g/mol. The van der Waals surface area contributed by atoms with Crippen molar-refractivity contribution >= 4 is 22.9 Å². The highest BCUT2D eigenvalue weighted by molar-refractivity contribution is 5.80. The van der Waals surface area contributed by atoms with Gasteiger partial charge in [0.2, 0.25) is 11.9 Å². The molecule has 1 aliphatic rings. The lowest BCUT2D eigenvalue weighted by Crippen LogP contribution is -2.40. The number of imidazole rings is 1. The molecule has 3 aromatic rings. The Balaban J connectivity index is 1.33. The lowest BCUT2D eigenvalue weighted by atomic mass is 9.96. The van der Waals surface area contributed by atoms with Gasteiger partial charge in [0.15, 0.2) is 0 Å². The fraction of sp³-hybridized carbons (Fsp3) is 0.391. The summed E-state index contributed by atoms with van der Waals surface area (Å²) in [5, 5.41) is 3.06. The minimum Gasteiger partial charge on any atom is -0.497 e. The molecule has 1 saturated heterocycles. The van der Waals surface area contributed by atoms with Gasteiger partial charge in [0.05, 0.1) is 25.3 Å². The number of nitrogens with zero attached hydrogens (tertiary/aromatic N) is 2. The summed E-state index contributed by atoms with van der Waals surface area (Å²) in [5.74, 6) is 2.43. The van der Waals surface area contributed by atoms with Gasteiger partial charge in [-0.2, -0.15) is 0 Å². The zero-order valence-corrected chi connectivity index (χ0v) is 17.7. The van der Waals surface area contributed by atoms with E-state index in [9.17, 15) is 4.79 Å². The number of rotatable bonds is 6. The van der Waals surface area contributed by atoms with Gasteiger partial charge in [-0.25, -0.2) is 4.98 Å². The number of piperidine rings is 1. The Hall–Kier alpha value is -3.22. The number of benzene rings is 2. The Morgan fingerprint density at radius 2 is 1.97 bits per heavy atom. The van der Waals surface area contributed by atoms with E-state index in [1.807, 2.05) is 24.3 Å². The van der Waals surface area contributed by atoms with Gasteiger partial charge < -0.3 is 24.7 Å². The maximum atomic E-state index is 12.7. The summed E-state index contributed by atoms with van der Waals surface area (Å²) in [7, 11) is 3.24. The number of anilines is 1. The molecule has 0 spiro atoms. The van der Waals surface area contributed by atoms with Gasteiger partial charge in [-0.05, 0) is 49.6 Å². The molecule has 1 aromatic heterocycles. The molecular weight excluding hydrogens is 380 g/mol. The molecule has 7 heteroatoms. The highest BCUT2D eigenvalue weighted by Crippen LogP contribution is 2.26. The van der Waals surface area contributed by atoms with E-state index in [1.54, 1.807) is 14.2 Å². The van der Waals surface area contributed by atoms with E-state index in [-0.39, 0.29) is 11.8 Å². The molecule has 1 amide bonds. The Kier molecular flexibility index (Phi) is 5.79. The lowest BCUT2D eigenvalue weighted by molar-refractivity contribution is -0.125. The summed E-state index contributed by atoms with van der Waals surface area (Å²) in [6.45, 7) is 4.13. The fourth-order valence-corrected chi connectivity index (χ4v) is 3.94. The first-order chi connectivity index (χ1) is 14.6. The average molecular weight is 409 g/mol. The molecule has 1 fully saturated rings.